The van der Waals surface area contributed by atoms with Gasteiger partial charge in [-0.2, -0.15) is 40.4 Å². The fourth-order valence-corrected chi connectivity index (χ4v) is 3.12. The van der Waals surface area contributed by atoms with E-state index in [1.807, 2.05) is 0 Å². The van der Waals surface area contributed by atoms with E-state index >= 15 is 0 Å². The average molecular weight is 494 g/mol. The maximum atomic E-state index is 14.7. The summed E-state index contributed by atoms with van der Waals surface area (Å²) in [4.78, 5) is 7.35. The molecule has 0 aliphatic carbocycles. The van der Waals surface area contributed by atoms with Gasteiger partial charge in [0.2, 0.25) is 12.1 Å². The molecule has 7 nitrogen and oxygen atoms in total. The van der Waals surface area contributed by atoms with Crippen molar-refractivity contribution in [2.45, 2.75) is 30.9 Å². The van der Waals surface area contributed by atoms with Gasteiger partial charge in [0.15, 0.2) is 11.4 Å². The summed E-state index contributed by atoms with van der Waals surface area (Å²) in [6.07, 6.45) is -11.1. The molecule has 34 heavy (non-hydrogen) atoms. The molecular weight excluding hydrogens is 487 g/mol. The zero-order valence-electron chi connectivity index (χ0n) is 16.3. The molecule has 1 unspecified atom stereocenters. The van der Waals surface area contributed by atoms with Crippen LogP contribution in [0.5, 0.6) is 0 Å². The normalized spacial score (nSPS) is 15.0. The molecule has 1 atom stereocenters. The molecule has 0 bridgehead atoms. The molecule has 4 heterocycles. The molecule has 0 aliphatic heterocycles. The van der Waals surface area contributed by atoms with Crippen molar-refractivity contribution in [3.05, 3.63) is 41.5 Å². The average Bonchev–Trinajstić information content (AvgIpc) is 3.38. The van der Waals surface area contributed by atoms with Crippen LogP contribution in [0.1, 0.15) is 23.9 Å². The highest BCUT2D eigenvalue weighted by Gasteiger charge is 2.61. The minimum absolute atomic E-state index is 0.0835. The van der Waals surface area contributed by atoms with Crippen molar-refractivity contribution in [2.75, 3.05) is 0 Å². The van der Waals surface area contributed by atoms with Gasteiger partial charge in [-0.15, -0.1) is 10.2 Å². The van der Waals surface area contributed by atoms with Crippen LogP contribution in [0.15, 0.2) is 29.0 Å². The van der Waals surface area contributed by atoms with E-state index in [1.54, 1.807) is 6.07 Å². The van der Waals surface area contributed by atoms with Gasteiger partial charge in [-0.1, -0.05) is 0 Å². The number of rotatable bonds is 3. The monoisotopic (exact) mass is 494 g/mol. The van der Waals surface area contributed by atoms with Crippen LogP contribution in [0.3, 0.4) is 0 Å². The minimum atomic E-state index is -6.25. The molecule has 4 aromatic heterocycles. The topological polar surface area (TPSA) is 92.9 Å². The van der Waals surface area contributed by atoms with Crippen molar-refractivity contribution in [3.8, 4) is 17.7 Å². The molecule has 0 amide bonds. The molecule has 0 N–H and O–H groups in total. The number of halogens is 9. The Kier molecular flexibility index (Phi) is 4.82. The lowest BCUT2D eigenvalue weighted by Crippen LogP contribution is -2.38. The predicted octanol–water partition coefficient (Wildman–Crippen LogP) is 5.21. The molecule has 0 aliphatic rings. The van der Waals surface area contributed by atoms with Crippen molar-refractivity contribution in [2.24, 2.45) is 0 Å². The maximum absolute atomic E-state index is 14.7. The number of hydrogen-bond acceptors (Lipinski definition) is 6. The SMILES string of the molecule is CC(F)(c1cc(C(F)(F)C(F)(F)F)c2ccc3nc(-c4nnco4)c(C#N)n3c2n1)C(F)(F)F. The Bertz CT molecular complexity index is 1450. The smallest absolute Gasteiger partial charge is 0.422 e. The van der Waals surface area contributed by atoms with Crippen molar-refractivity contribution < 1.29 is 43.9 Å². The zero-order valence-corrected chi connectivity index (χ0v) is 16.3. The van der Waals surface area contributed by atoms with E-state index in [0.717, 1.165) is 12.5 Å². The van der Waals surface area contributed by atoms with E-state index in [9.17, 15) is 44.8 Å². The number of pyridine rings is 2. The molecule has 0 aromatic carbocycles. The summed E-state index contributed by atoms with van der Waals surface area (Å²) >= 11 is 0. The van der Waals surface area contributed by atoms with Crippen LogP contribution >= 0.6 is 0 Å². The van der Waals surface area contributed by atoms with Gasteiger partial charge >= 0.3 is 18.3 Å². The molecular formula is C18H7F9N6O. The van der Waals surface area contributed by atoms with Gasteiger partial charge in [0, 0.05) is 10.9 Å². The first kappa shape index (κ1) is 23.3. The third-order valence-corrected chi connectivity index (χ3v) is 4.93. The third-order valence-electron chi connectivity index (χ3n) is 4.93. The highest BCUT2D eigenvalue weighted by Crippen LogP contribution is 2.49. The van der Waals surface area contributed by atoms with Gasteiger partial charge in [-0.05, 0) is 25.1 Å². The summed E-state index contributed by atoms with van der Waals surface area (Å²) in [5.74, 6) is -6.07. The van der Waals surface area contributed by atoms with Crippen molar-refractivity contribution >= 4 is 16.7 Å². The van der Waals surface area contributed by atoms with E-state index < -0.39 is 51.9 Å². The van der Waals surface area contributed by atoms with Crippen molar-refractivity contribution in [1.29, 1.82) is 5.26 Å². The first-order valence-electron chi connectivity index (χ1n) is 8.85. The summed E-state index contributed by atoms with van der Waals surface area (Å²) in [6, 6.07) is 2.89. The fourth-order valence-electron chi connectivity index (χ4n) is 3.12. The van der Waals surface area contributed by atoms with Crippen LogP contribution < -0.4 is 0 Å². The quantitative estimate of drug-likeness (QED) is 0.364. The van der Waals surface area contributed by atoms with Gasteiger partial charge < -0.3 is 4.42 Å². The number of hydrogen-bond donors (Lipinski definition) is 0. The number of alkyl halides is 9. The van der Waals surface area contributed by atoms with Crippen molar-refractivity contribution in [3.63, 3.8) is 0 Å². The maximum Gasteiger partial charge on any atom is 0.458 e. The largest absolute Gasteiger partial charge is 0.458 e. The summed E-state index contributed by atoms with van der Waals surface area (Å²) < 4.78 is 128. The van der Waals surface area contributed by atoms with E-state index in [-0.39, 0.29) is 30.2 Å². The second-order valence-corrected chi connectivity index (χ2v) is 7.06. The van der Waals surface area contributed by atoms with Gasteiger partial charge in [0.1, 0.15) is 17.4 Å². The Morgan fingerprint density at radius 3 is 2.18 bits per heavy atom. The zero-order chi connectivity index (χ0) is 25.3. The molecule has 0 radical (unpaired) electrons. The highest BCUT2D eigenvalue weighted by molar-refractivity contribution is 5.85. The standard InChI is InChI=1S/C18H7F9N6O/c1-15(19,17(22,23)24)10-4-8(16(20,21)18(25,26)27)7-2-3-11-31-12(14-32-29-6-34-14)9(5-28)33(11)13(7)30-10/h2-4,6H,1H3. The van der Waals surface area contributed by atoms with E-state index in [4.69, 9.17) is 4.42 Å². The fraction of sp³-hybridized carbons (Fsp3) is 0.278. The van der Waals surface area contributed by atoms with Gasteiger partial charge in [0.05, 0.1) is 5.69 Å². The summed E-state index contributed by atoms with van der Waals surface area (Å²) in [5, 5.41) is 15.4. The summed E-state index contributed by atoms with van der Waals surface area (Å²) in [5.41, 5.74) is -10.5. The first-order valence-corrected chi connectivity index (χ1v) is 8.85. The van der Waals surface area contributed by atoms with Crippen LogP contribution in [0.2, 0.25) is 0 Å². The van der Waals surface area contributed by atoms with Crippen molar-refractivity contribution in [1.82, 2.24) is 24.6 Å². The van der Waals surface area contributed by atoms with E-state index in [1.165, 1.54) is 0 Å². The Labute approximate surface area is 181 Å². The summed E-state index contributed by atoms with van der Waals surface area (Å²) in [6.45, 7) is -0.0835. The molecule has 4 aromatic rings. The van der Waals surface area contributed by atoms with Crippen LogP contribution in [0, 0.1) is 11.3 Å². The van der Waals surface area contributed by atoms with Crippen LogP contribution in [-0.4, -0.2) is 36.9 Å². The second kappa shape index (κ2) is 7.05. The Hall–Kier alpha value is -3.90. The third kappa shape index (κ3) is 3.22. The number of nitrogens with zero attached hydrogens (tertiary/aromatic N) is 6. The molecule has 4 rings (SSSR count). The van der Waals surface area contributed by atoms with Gasteiger partial charge in [-0.3, -0.25) is 4.40 Å². The minimum Gasteiger partial charge on any atom is -0.422 e. The Balaban J connectivity index is 2.21. The lowest BCUT2D eigenvalue weighted by atomic mass is 9.96. The molecule has 0 saturated heterocycles. The second-order valence-electron chi connectivity index (χ2n) is 7.06. The highest BCUT2D eigenvalue weighted by atomic mass is 19.4. The molecule has 16 heteroatoms. The molecule has 0 spiro atoms. The van der Waals surface area contributed by atoms with Gasteiger partial charge in [0.25, 0.3) is 5.89 Å². The summed E-state index contributed by atoms with van der Waals surface area (Å²) in [7, 11) is 0. The molecule has 0 saturated carbocycles. The lowest BCUT2D eigenvalue weighted by molar-refractivity contribution is -0.288. The van der Waals surface area contributed by atoms with E-state index in [2.05, 4.69) is 20.2 Å². The first-order chi connectivity index (χ1) is 15.6. The van der Waals surface area contributed by atoms with Gasteiger partial charge in [-0.25, -0.2) is 14.4 Å². The Morgan fingerprint density at radius 2 is 1.65 bits per heavy atom. The van der Waals surface area contributed by atoms with E-state index in [0.29, 0.717) is 10.5 Å². The van der Waals surface area contributed by atoms with Crippen LogP contribution in [-0.2, 0) is 11.6 Å². The Morgan fingerprint density at radius 1 is 0.971 bits per heavy atom. The molecule has 0 fully saturated rings. The van der Waals surface area contributed by atoms with Crippen LogP contribution in [0.4, 0.5) is 39.5 Å². The predicted molar refractivity (Wildman–Crippen MR) is 93.0 cm³/mol. The molecule has 178 valence electrons. The number of aromatic nitrogens is 5. The van der Waals surface area contributed by atoms with Crippen LogP contribution in [0.25, 0.3) is 28.3 Å². The number of imidazole rings is 1. The lowest BCUT2D eigenvalue weighted by Gasteiger charge is -2.26. The number of nitriles is 1. The number of fused-ring (bicyclic) bond motifs is 3.